The number of rotatable bonds is 0. The molecule has 1 heterocycles. The van der Waals surface area contributed by atoms with Crippen LogP contribution in [0.1, 0.15) is 35.8 Å². The monoisotopic (exact) mass is 151 g/mol. The lowest BCUT2D eigenvalue weighted by atomic mass is 9.92. The summed E-state index contributed by atoms with van der Waals surface area (Å²) in [7, 11) is 0. The van der Waals surface area contributed by atoms with Gasteiger partial charge in [0.1, 0.15) is 0 Å². The molecule has 0 fully saturated rings. The van der Waals surface area contributed by atoms with E-state index in [0.717, 1.165) is 18.5 Å². The maximum atomic E-state index is 5.93. The Labute approximate surface area is 66.0 Å². The van der Waals surface area contributed by atoms with Gasteiger partial charge in [0, 0.05) is 17.3 Å². The predicted octanol–water partition coefficient (Wildman–Crippen LogP) is 1.05. The summed E-state index contributed by atoms with van der Waals surface area (Å²) in [5, 5.41) is 7.18. The van der Waals surface area contributed by atoms with E-state index in [9.17, 15) is 0 Å². The molecule has 1 unspecified atom stereocenters. The summed E-state index contributed by atoms with van der Waals surface area (Å²) in [5.74, 6) is 0. The summed E-state index contributed by atoms with van der Waals surface area (Å²) >= 11 is 0. The molecule has 3 nitrogen and oxygen atoms in total. The standard InChI is InChI=1S/C8H13N3/c1-5-8-6(9)3-2-4-7(8)11-10-5/h6H,2-4,9H2,1H3,(H,10,11). The normalized spacial score (nSPS) is 23.3. The number of hydrogen-bond acceptors (Lipinski definition) is 2. The van der Waals surface area contributed by atoms with Crippen molar-refractivity contribution in [2.45, 2.75) is 32.2 Å². The molecule has 0 saturated carbocycles. The van der Waals surface area contributed by atoms with E-state index in [1.165, 1.54) is 17.7 Å². The van der Waals surface area contributed by atoms with Gasteiger partial charge in [-0.1, -0.05) is 0 Å². The smallest absolute Gasteiger partial charge is 0.0672 e. The van der Waals surface area contributed by atoms with Crippen molar-refractivity contribution in [1.82, 2.24) is 10.2 Å². The average Bonchev–Trinajstić information content (AvgIpc) is 2.34. The van der Waals surface area contributed by atoms with Crippen molar-refractivity contribution in [1.29, 1.82) is 0 Å². The summed E-state index contributed by atoms with van der Waals surface area (Å²) in [6, 6.07) is 0.220. The topological polar surface area (TPSA) is 54.7 Å². The van der Waals surface area contributed by atoms with Crippen molar-refractivity contribution in [2.24, 2.45) is 5.73 Å². The number of fused-ring (bicyclic) bond motifs is 1. The van der Waals surface area contributed by atoms with Crippen LogP contribution in [0.25, 0.3) is 0 Å². The van der Waals surface area contributed by atoms with Gasteiger partial charge in [0.15, 0.2) is 0 Å². The molecule has 0 bridgehead atoms. The highest BCUT2D eigenvalue weighted by Crippen LogP contribution is 2.28. The minimum absolute atomic E-state index is 0.220. The molecule has 2 rings (SSSR count). The van der Waals surface area contributed by atoms with E-state index in [2.05, 4.69) is 10.2 Å². The van der Waals surface area contributed by atoms with Gasteiger partial charge in [0.2, 0.25) is 0 Å². The Morgan fingerprint density at radius 2 is 2.45 bits per heavy atom. The molecule has 0 aliphatic heterocycles. The van der Waals surface area contributed by atoms with Crippen molar-refractivity contribution in [3.8, 4) is 0 Å². The Morgan fingerprint density at radius 3 is 3.18 bits per heavy atom. The molecule has 1 atom stereocenters. The lowest BCUT2D eigenvalue weighted by Crippen LogP contribution is -2.17. The van der Waals surface area contributed by atoms with E-state index in [4.69, 9.17) is 5.73 Å². The van der Waals surface area contributed by atoms with E-state index >= 15 is 0 Å². The predicted molar refractivity (Wildman–Crippen MR) is 43.2 cm³/mol. The molecule has 1 aromatic rings. The van der Waals surface area contributed by atoms with E-state index in [-0.39, 0.29) is 6.04 Å². The highest BCUT2D eigenvalue weighted by molar-refractivity contribution is 5.29. The van der Waals surface area contributed by atoms with E-state index < -0.39 is 0 Å². The summed E-state index contributed by atoms with van der Waals surface area (Å²) in [6.07, 6.45) is 3.37. The fourth-order valence-corrected chi connectivity index (χ4v) is 1.80. The lowest BCUT2D eigenvalue weighted by Gasteiger charge is -2.17. The van der Waals surface area contributed by atoms with E-state index in [0.29, 0.717) is 0 Å². The zero-order valence-electron chi connectivity index (χ0n) is 6.72. The number of aromatic nitrogens is 2. The largest absolute Gasteiger partial charge is 0.324 e. The lowest BCUT2D eigenvalue weighted by molar-refractivity contribution is 0.564. The van der Waals surface area contributed by atoms with Crippen LogP contribution in [0, 0.1) is 6.92 Å². The van der Waals surface area contributed by atoms with Crippen LogP contribution in [-0.2, 0) is 6.42 Å². The zero-order valence-corrected chi connectivity index (χ0v) is 6.72. The number of nitrogens with two attached hydrogens (primary N) is 1. The van der Waals surface area contributed by atoms with Crippen LogP contribution in [0.5, 0.6) is 0 Å². The highest BCUT2D eigenvalue weighted by Gasteiger charge is 2.20. The fourth-order valence-electron chi connectivity index (χ4n) is 1.80. The van der Waals surface area contributed by atoms with Crippen molar-refractivity contribution in [3.63, 3.8) is 0 Å². The van der Waals surface area contributed by atoms with Crippen LogP contribution < -0.4 is 5.73 Å². The molecule has 0 saturated heterocycles. The SMILES string of the molecule is Cc1[nH]nc2c1C(N)CCC2. The Morgan fingerprint density at radius 1 is 1.64 bits per heavy atom. The van der Waals surface area contributed by atoms with E-state index in [1.54, 1.807) is 0 Å². The van der Waals surface area contributed by atoms with Gasteiger partial charge < -0.3 is 5.73 Å². The maximum Gasteiger partial charge on any atom is 0.0672 e. The van der Waals surface area contributed by atoms with Crippen LogP contribution >= 0.6 is 0 Å². The Kier molecular flexibility index (Phi) is 1.46. The van der Waals surface area contributed by atoms with Gasteiger partial charge in [-0.15, -0.1) is 0 Å². The molecular weight excluding hydrogens is 138 g/mol. The molecule has 11 heavy (non-hydrogen) atoms. The van der Waals surface area contributed by atoms with Gasteiger partial charge in [-0.25, -0.2) is 0 Å². The average molecular weight is 151 g/mol. The van der Waals surface area contributed by atoms with E-state index in [1.807, 2.05) is 6.92 Å². The number of nitrogens with zero attached hydrogens (tertiary/aromatic N) is 1. The Hall–Kier alpha value is -0.830. The first kappa shape index (κ1) is 6.85. The number of aryl methyl sites for hydroxylation is 2. The molecule has 0 aromatic carbocycles. The zero-order chi connectivity index (χ0) is 7.84. The highest BCUT2D eigenvalue weighted by atomic mass is 15.1. The van der Waals surface area contributed by atoms with Crippen LogP contribution in [0.3, 0.4) is 0 Å². The molecule has 0 spiro atoms. The second kappa shape index (κ2) is 2.34. The summed E-state index contributed by atoms with van der Waals surface area (Å²) in [6.45, 7) is 2.04. The van der Waals surface area contributed by atoms with Crippen LogP contribution in [0.4, 0.5) is 0 Å². The molecule has 1 aliphatic carbocycles. The first-order valence-electron chi connectivity index (χ1n) is 4.08. The number of H-pyrrole nitrogens is 1. The quantitative estimate of drug-likeness (QED) is 0.582. The Bertz CT molecular complexity index is 264. The number of aromatic amines is 1. The van der Waals surface area contributed by atoms with Crippen molar-refractivity contribution in [3.05, 3.63) is 17.0 Å². The third kappa shape index (κ3) is 0.959. The number of hydrogen-bond donors (Lipinski definition) is 2. The minimum atomic E-state index is 0.220. The first-order chi connectivity index (χ1) is 5.29. The second-order valence-electron chi connectivity index (χ2n) is 3.21. The van der Waals surface area contributed by atoms with Crippen LogP contribution in [-0.4, -0.2) is 10.2 Å². The van der Waals surface area contributed by atoms with Gasteiger partial charge in [0.25, 0.3) is 0 Å². The third-order valence-corrected chi connectivity index (χ3v) is 2.37. The van der Waals surface area contributed by atoms with Crippen molar-refractivity contribution >= 4 is 0 Å². The maximum absolute atomic E-state index is 5.93. The Balaban J connectivity index is 2.48. The molecule has 1 aliphatic rings. The fraction of sp³-hybridized carbons (Fsp3) is 0.625. The molecule has 0 radical (unpaired) electrons. The van der Waals surface area contributed by atoms with Gasteiger partial charge in [-0.2, -0.15) is 5.10 Å². The van der Waals surface area contributed by atoms with Gasteiger partial charge >= 0.3 is 0 Å². The molecule has 60 valence electrons. The van der Waals surface area contributed by atoms with Gasteiger partial charge in [-0.05, 0) is 26.2 Å². The summed E-state index contributed by atoms with van der Waals surface area (Å²) in [4.78, 5) is 0. The van der Waals surface area contributed by atoms with Crippen LogP contribution in [0.15, 0.2) is 0 Å². The summed E-state index contributed by atoms with van der Waals surface area (Å²) < 4.78 is 0. The summed E-state index contributed by atoms with van der Waals surface area (Å²) in [5.41, 5.74) is 9.52. The third-order valence-electron chi connectivity index (χ3n) is 2.37. The molecular formula is C8H13N3. The molecule has 1 aromatic heterocycles. The van der Waals surface area contributed by atoms with Crippen LogP contribution in [0.2, 0.25) is 0 Å². The molecule has 3 heteroatoms. The second-order valence-corrected chi connectivity index (χ2v) is 3.21. The molecule has 3 N–H and O–H groups in total. The minimum Gasteiger partial charge on any atom is -0.324 e. The first-order valence-corrected chi connectivity index (χ1v) is 4.08. The molecule has 0 amide bonds. The van der Waals surface area contributed by atoms with Crippen molar-refractivity contribution < 1.29 is 0 Å². The van der Waals surface area contributed by atoms with Gasteiger partial charge in [0.05, 0.1) is 5.69 Å². The van der Waals surface area contributed by atoms with Gasteiger partial charge in [-0.3, -0.25) is 5.10 Å². The van der Waals surface area contributed by atoms with Crippen molar-refractivity contribution in [2.75, 3.05) is 0 Å². The number of nitrogens with one attached hydrogen (secondary N) is 1.